The number of nitrogens with zero attached hydrogens (tertiary/aromatic N) is 1. The summed E-state index contributed by atoms with van der Waals surface area (Å²) in [6.07, 6.45) is 0.220. The third kappa shape index (κ3) is 5.10. The van der Waals surface area contributed by atoms with Crippen molar-refractivity contribution in [3.63, 3.8) is 0 Å². The summed E-state index contributed by atoms with van der Waals surface area (Å²) in [5, 5.41) is 5.53. The van der Waals surface area contributed by atoms with Crippen LogP contribution in [0.4, 0.5) is 5.69 Å². The topological polar surface area (TPSA) is 78.5 Å². The lowest BCUT2D eigenvalue weighted by Crippen LogP contribution is -2.39. The van der Waals surface area contributed by atoms with Crippen molar-refractivity contribution in [3.05, 3.63) is 60.2 Å². The van der Waals surface area contributed by atoms with Gasteiger partial charge in [-0.1, -0.05) is 30.3 Å². The molecule has 0 saturated heterocycles. The van der Waals surface area contributed by atoms with E-state index < -0.39 is 0 Å². The molecule has 1 aliphatic rings. The van der Waals surface area contributed by atoms with Crippen LogP contribution in [-0.4, -0.2) is 43.1 Å². The fourth-order valence-corrected chi connectivity index (χ4v) is 3.71. The fourth-order valence-electron chi connectivity index (χ4n) is 2.77. The maximum absolute atomic E-state index is 12.2. The number of rotatable bonds is 7. The van der Waals surface area contributed by atoms with Gasteiger partial charge in [0.25, 0.3) is 5.91 Å². The molecule has 140 valence electrons. The van der Waals surface area contributed by atoms with Crippen LogP contribution in [0.25, 0.3) is 0 Å². The van der Waals surface area contributed by atoms with Gasteiger partial charge in [0, 0.05) is 36.5 Å². The third-order valence-corrected chi connectivity index (χ3v) is 5.19. The number of fused-ring (bicyclic) bond motifs is 1. The van der Waals surface area contributed by atoms with E-state index in [1.165, 1.54) is 11.8 Å². The molecule has 6 nitrogen and oxygen atoms in total. The van der Waals surface area contributed by atoms with Crippen LogP contribution in [0.5, 0.6) is 0 Å². The second kappa shape index (κ2) is 9.23. The summed E-state index contributed by atoms with van der Waals surface area (Å²) in [7, 11) is 0. The molecule has 2 aromatic rings. The summed E-state index contributed by atoms with van der Waals surface area (Å²) in [4.78, 5) is 38.8. The average Bonchev–Trinajstić information content (AvgIpc) is 2.71. The van der Waals surface area contributed by atoms with Crippen molar-refractivity contribution in [2.24, 2.45) is 0 Å². The summed E-state index contributed by atoms with van der Waals surface area (Å²) >= 11 is 1.52. The zero-order chi connectivity index (χ0) is 19.1. The number of nitrogens with one attached hydrogen (secondary N) is 2. The molecule has 3 rings (SSSR count). The first kappa shape index (κ1) is 19.0. The predicted octanol–water partition coefficient (Wildman–Crippen LogP) is 2.06. The fraction of sp³-hybridized carbons (Fsp3) is 0.250. The lowest BCUT2D eigenvalue weighted by Gasteiger charge is -2.28. The van der Waals surface area contributed by atoms with E-state index in [1.807, 2.05) is 30.3 Å². The van der Waals surface area contributed by atoms with E-state index in [-0.39, 0.29) is 24.1 Å². The molecule has 0 bridgehead atoms. The highest BCUT2D eigenvalue weighted by Gasteiger charge is 2.24. The van der Waals surface area contributed by atoms with Crippen molar-refractivity contribution in [1.29, 1.82) is 0 Å². The van der Waals surface area contributed by atoms with Gasteiger partial charge in [-0.2, -0.15) is 0 Å². The molecule has 0 aliphatic carbocycles. The summed E-state index contributed by atoms with van der Waals surface area (Å²) in [6.45, 7) is 1.04. The molecule has 3 amide bonds. The molecule has 0 spiro atoms. The van der Waals surface area contributed by atoms with E-state index in [0.29, 0.717) is 31.0 Å². The Hall–Kier alpha value is -2.80. The summed E-state index contributed by atoms with van der Waals surface area (Å²) in [5.41, 5.74) is 1.45. The molecule has 7 heteroatoms. The molecule has 1 aliphatic heterocycles. The van der Waals surface area contributed by atoms with Crippen LogP contribution in [0.3, 0.4) is 0 Å². The van der Waals surface area contributed by atoms with Crippen LogP contribution >= 0.6 is 11.8 Å². The van der Waals surface area contributed by atoms with Crippen LogP contribution < -0.4 is 15.5 Å². The van der Waals surface area contributed by atoms with Crippen LogP contribution in [0.1, 0.15) is 16.8 Å². The Morgan fingerprint density at radius 2 is 1.67 bits per heavy atom. The average molecular weight is 383 g/mol. The summed E-state index contributed by atoms with van der Waals surface area (Å²) < 4.78 is 0. The number of amides is 3. The molecule has 0 fully saturated rings. The van der Waals surface area contributed by atoms with Crippen LogP contribution in [-0.2, 0) is 9.59 Å². The van der Waals surface area contributed by atoms with Gasteiger partial charge in [-0.25, -0.2) is 0 Å². The van der Waals surface area contributed by atoms with E-state index in [9.17, 15) is 14.4 Å². The van der Waals surface area contributed by atoms with Crippen molar-refractivity contribution in [2.75, 3.05) is 30.3 Å². The van der Waals surface area contributed by atoms with E-state index >= 15 is 0 Å². The highest BCUT2D eigenvalue weighted by atomic mass is 32.2. The molecule has 2 N–H and O–H groups in total. The maximum atomic E-state index is 12.2. The zero-order valence-corrected chi connectivity index (χ0v) is 15.6. The lowest BCUT2D eigenvalue weighted by atomic mass is 10.2. The van der Waals surface area contributed by atoms with Gasteiger partial charge >= 0.3 is 0 Å². The Kier molecular flexibility index (Phi) is 6.49. The van der Waals surface area contributed by atoms with Gasteiger partial charge in [-0.15, -0.1) is 11.8 Å². The molecular weight excluding hydrogens is 362 g/mol. The van der Waals surface area contributed by atoms with Gasteiger partial charge in [0.15, 0.2) is 0 Å². The second-order valence-electron chi connectivity index (χ2n) is 6.02. The minimum atomic E-state index is -0.169. The van der Waals surface area contributed by atoms with Gasteiger partial charge in [-0.3, -0.25) is 14.4 Å². The molecule has 0 atom stereocenters. The number of carbonyl (C=O) groups excluding carboxylic acids is 3. The maximum Gasteiger partial charge on any atom is 0.251 e. The second-order valence-corrected chi connectivity index (χ2v) is 7.04. The number of para-hydroxylation sites is 1. The van der Waals surface area contributed by atoms with Crippen molar-refractivity contribution < 1.29 is 14.4 Å². The lowest BCUT2D eigenvalue weighted by molar-refractivity contribution is -0.121. The number of benzene rings is 2. The summed E-state index contributed by atoms with van der Waals surface area (Å²) in [5.74, 6) is 0.0939. The number of thioether (sulfide) groups is 1. The zero-order valence-electron chi connectivity index (χ0n) is 14.8. The molecule has 0 saturated carbocycles. The van der Waals surface area contributed by atoms with Crippen LogP contribution in [0.15, 0.2) is 59.5 Å². The smallest absolute Gasteiger partial charge is 0.251 e. The number of anilines is 1. The number of hydrogen-bond acceptors (Lipinski definition) is 4. The molecule has 0 radical (unpaired) electrons. The Morgan fingerprint density at radius 3 is 2.48 bits per heavy atom. The highest BCUT2D eigenvalue weighted by Crippen LogP contribution is 2.34. The Labute approximate surface area is 162 Å². The number of carbonyl (C=O) groups is 3. The quantitative estimate of drug-likeness (QED) is 0.718. The Balaban J connectivity index is 1.40. The van der Waals surface area contributed by atoms with Crippen LogP contribution in [0.2, 0.25) is 0 Å². The molecular formula is C20H21N3O3S. The SMILES string of the molecule is O=C(CCN1C(=O)CSc2ccccc21)NCCNC(=O)c1ccccc1. The molecule has 0 aromatic heterocycles. The van der Waals surface area contributed by atoms with Gasteiger partial charge in [-0.05, 0) is 24.3 Å². The van der Waals surface area contributed by atoms with E-state index in [1.54, 1.807) is 29.2 Å². The summed E-state index contributed by atoms with van der Waals surface area (Å²) in [6, 6.07) is 16.6. The first-order valence-corrected chi connectivity index (χ1v) is 9.76. The Bertz CT molecular complexity index is 826. The van der Waals surface area contributed by atoms with Gasteiger partial charge in [0.05, 0.1) is 11.4 Å². The largest absolute Gasteiger partial charge is 0.354 e. The minimum absolute atomic E-state index is 0.0154. The van der Waals surface area contributed by atoms with Crippen molar-refractivity contribution >= 4 is 35.2 Å². The predicted molar refractivity (Wildman–Crippen MR) is 106 cm³/mol. The van der Waals surface area contributed by atoms with Gasteiger partial charge < -0.3 is 15.5 Å². The first-order chi connectivity index (χ1) is 13.1. The van der Waals surface area contributed by atoms with Crippen LogP contribution in [0, 0.1) is 0 Å². The van der Waals surface area contributed by atoms with Crippen molar-refractivity contribution in [1.82, 2.24) is 10.6 Å². The van der Waals surface area contributed by atoms with E-state index in [2.05, 4.69) is 10.6 Å². The number of hydrogen-bond donors (Lipinski definition) is 2. The van der Waals surface area contributed by atoms with Crippen molar-refractivity contribution in [3.8, 4) is 0 Å². The molecule has 27 heavy (non-hydrogen) atoms. The van der Waals surface area contributed by atoms with E-state index in [4.69, 9.17) is 0 Å². The Morgan fingerprint density at radius 1 is 0.963 bits per heavy atom. The molecule has 1 heterocycles. The first-order valence-electron chi connectivity index (χ1n) is 8.77. The monoisotopic (exact) mass is 383 g/mol. The highest BCUT2D eigenvalue weighted by molar-refractivity contribution is 8.00. The van der Waals surface area contributed by atoms with Crippen molar-refractivity contribution in [2.45, 2.75) is 11.3 Å². The normalized spacial score (nSPS) is 13.0. The molecule has 0 unspecified atom stereocenters. The van der Waals surface area contributed by atoms with Gasteiger partial charge in [0.1, 0.15) is 0 Å². The third-order valence-electron chi connectivity index (χ3n) is 4.14. The van der Waals surface area contributed by atoms with E-state index in [0.717, 1.165) is 10.6 Å². The van der Waals surface area contributed by atoms with Gasteiger partial charge in [0.2, 0.25) is 11.8 Å². The standard InChI is InChI=1S/C20H21N3O3S/c24-18(21-11-12-22-20(26)15-6-2-1-3-7-15)10-13-23-16-8-4-5-9-17(16)27-14-19(23)25/h1-9H,10-14H2,(H,21,24)(H,22,26). The molecule has 2 aromatic carbocycles. The minimum Gasteiger partial charge on any atom is -0.354 e.